The Morgan fingerprint density at radius 2 is 1.43 bits per heavy atom. The Balaban J connectivity index is 1.63. The van der Waals surface area contributed by atoms with E-state index in [2.05, 4.69) is 6.92 Å². The molecular weight excluding hydrogens is 380 g/mol. The van der Waals surface area contributed by atoms with Crippen molar-refractivity contribution in [2.45, 2.75) is 109 Å². The Morgan fingerprint density at radius 1 is 0.900 bits per heavy atom. The number of methoxy groups -OCH3 is 1. The maximum Gasteiger partial charge on any atom is 0.344 e. The number of benzene rings is 1. The van der Waals surface area contributed by atoms with Crippen LogP contribution in [0.2, 0.25) is 0 Å². The number of fused-ring (bicyclic) bond motifs is 1. The van der Waals surface area contributed by atoms with Gasteiger partial charge >= 0.3 is 5.97 Å². The van der Waals surface area contributed by atoms with Crippen LogP contribution < -0.4 is 0 Å². The Labute approximate surface area is 181 Å². The first-order valence-electron chi connectivity index (χ1n) is 11.8. The Kier molecular flexibility index (Phi) is 10.5. The van der Waals surface area contributed by atoms with Crippen molar-refractivity contribution < 1.29 is 24.5 Å². The molecule has 1 atom stereocenters. The van der Waals surface area contributed by atoms with Crippen LogP contribution in [0.1, 0.15) is 113 Å². The summed E-state index contributed by atoms with van der Waals surface area (Å²) in [4.78, 5) is 12.4. The molecule has 0 fully saturated rings. The van der Waals surface area contributed by atoms with E-state index in [1.54, 1.807) is 7.11 Å². The molecule has 1 aliphatic heterocycles. The van der Waals surface area contributed by atoms with Crippen molar-refractivity contribution in [2.75, 3.05) is 7.11 Å². The van der Waals surface area contributed by atoms with Crippen LogP contribution in [0.3, 0.4) is 0 Å². The minimum atomic E-state index is -1.01. The second kappa shape index (κ2) is 12.8. The molecule has 0 aliphatic carbocycles. The van der Waals surface area contributed by atoms with E-state index in [1.807, 2.05) is 0 Å². The molecule has 2 rings (SSSR count). The highest BCUT2D eigenvalue weighted by molar-refractivity contribution is 5.95. The van der Waals surface area contributed by atoms with Gasteiger partial charge in [-0.2, -0.15) is 0 Å². The van der Waals surface area contributed by atoms with Crippen LogP contribution in [0.4, 0.5) is 0 Å². The molecule has 1 aromatic rings. The summed E-state index contributed by atoms with van der Waals surface area (Å²) in [6.45, 7) is 2.26. The Bertz CT molecular complexity index is 657. The summed E-state index contributed by atoms with van der Waals surface area (Å²) in [6.07, 6.45) is 17.6. The summed E-state index contributed by atoms with van der Waals surface area (Å²) >= 11 is 0. The SMILES string of the molecule is CCCCCCCCCCCCCCC[C@]1(OC)Cc2cc(O)cc(O)c2C(=O)O1. The van der Waals surface area contributed by atoms with Crippen molar-refractivity contribution in [1.29, 1.82) is 0 Å². The number of hydrogen-bond acceptors (Lipinski definition) is 5. The topological polar surface area (TPSA) is 76.0 Å². The third kappa shape index (κ3) is 7.50. The number of aromatic hydroxyl groups is 2. The number of ether oxygens (including phenoxy) is 2. The van der Waals surface area contributed by atoms with Crippen molar-refractivity contribution in [1.82, 2.24) is 0 Å². The lowest BCUT2D eigenvalue weighted by atomic mass is 9.91. The van der Waals surface area contributed by atoms with Crippen LogP contribution in [-0.4, -0.2) is 29.1 Å². The molecule has 0 aromatic heterocycles. The molecule has 5 heteroatoms. The average Bonchev–Trinajstić information content (AvgIpc) is 2.70. The van der Waals surface area contributed by atoms with Gasteiger partial charge in [-0.15, -0.1) is 0 Å². The number of carbonyl (C=O) groups is 1. The predicted molar refractivity (Wildman–Crippen MR) is 119 cm³/mol. The number of unbranched alkanes of at least 4 members (excludes halogenated alkanes) is 12. The summed E-state index contributed by atoms with van der Waals surface area (Å²) in [5.41, 5.74) is 0.700. The van der Waals surface area contributed by atoms with E-state index in [9.17, 15) is 15.0 Å². The minimum absolute atomic E-state index is 0.0630. The number of phenols is 2. The maximum atomic E-state index is 12.4. The molecule has 0 spiro atoms. The molecule has 0 bridgehead atoms. The minimum Gasteiger partial charge on any atom is -0.508 e. The Morgan fingerprint density at radius 3 is 1.97 bits per heavy atom. The van der Waals surface area contributed by atoms with Crippen LogP contribution in [0.15, 0.2) is 12.1 Å². The molecule has 170 valence electrons. The first-order chi connectivity index (χ1) is 14.5. The molecule has 5 nitrogen and oxygen atoms in total. The molecule has 0 saturated heterocycles. The van der Waals surface area contributed by atoms with Gasteiger partial charge in [-0.1, -0.05) is 84.0 Å². The zero-order valence-electron chi connectivity index (χ0n) is 18.9. The number of cyclic esters (lactones) is 1. The zero-order chi connectivity index (χ0) is 21.8. The van der Waals surface area contributed by atoms with Crippen molar-refractivity contribution in [3.05, 3.63) is 23.3 Å². The summed E-state index contributed by atoms with van der Waals surface area (Å²) < 4.78 is 11.2. The highest BCUT2D eigenvalue weighted by Gasteiger charge is 2.41. The van der Waals surface area contributed by atoms with E-state index in [0.29, 0.717) is 18.4 Å². The fourth-order valence-corrected chi connectivity index (χ4v) is 4.36. The fraction of sp³-hybridized carbons (Fsp3) is 0.720. The number of esters is 1. The number of rotatable bonds is 15. The molecular formula is C25H40O5. The van der Waals surface area contributed by atoms with Crippen LogP contribution >= 0.6 is 0 Å². The van der Waals surface area contributed by atoms with E-state index in [-0.39, 0.29) is 17.1 Å². The Hall–Kier alpha value is -1.75. The van der Waals surface area contributed by atoms with Gasteiger partial charge in [0, 0.05) is 26.0 Å². The van der Waals surface area contributed by atoms with Crippen LogP contribution in [0.5, 0.6) is 11.5 Å². The molecule has 0 saturated carbocycles. The van der Waals surface area contributed by atoms with Gasteiger partial charge in [-0.05, 0) is 18.1 Å². The van der Waals surface area contributed by atoms with Gasteiger partial charge in [-0.3, -0.25) is 0 Å². The lowest BCUT2D eigenvalue weighted by Gasteiger charge is -2.36. The predicted octanol–water partition coefficient (Wildman–Crippen LogP) is 6.63. The van der Waals surface area contributed by atoms with Gasteiger partial charge in [0.05, 0.1) is 0 Å². The van der Waals surface area contributed by atoms with Gasteiger partial charge in [-0.25, -0.2) is 4.79 Å². The monoisotopic (exact) mass is 420 g/mol. The first-order valence-corrected chi connectivity index (χ1v) is 11.8. The van der Waals surface area contributed by atoms with Gasteiger partial charge < -0.3 is 19.7 Å². The molecule has 0 unspecified atom stereocenters. The summed E-state index contributed by atoms with van der Waals surface area (Å²) in [6, 6.07) is 2.67. The van der Waals surface area contributed by atoms with Gasteiger partial charge in [0.2, 0.25) is 5.79 Å². The lowest BCUT2D eigenvalue weighted by molar-refractivity contribution is -0.195. The molecule has 30 heavy (non-hydrogen) atoms. The van der Waals surface area contributed by atoms with E-state index >= 15 is 0 Å². The summed E-state index contributed by atoms with van der Waals surface area (Å²) in [5.74, 6) is -1.92. The van der Waals surface area contributed by atoms with E-state index in [0.717, 1.165) is 18.9 Å². The van der Waals surface area contributed by atoms with E-state index in [4.69, 9.17) is 9.47 Å². The lowest BCUT2D eigenvalue weighted by Crippen LogP contribution is -2.43. The van der Waals surface area contributed by atoms with Crippen molar-refractivity contribution >= 4 is 5.97 Å². The van der Waals surface area contributed by atoms with E-state index in [1.165, 1.54) is 76.7 Å². The summed E-state index contributed by atoms with van der Waals surface area (Å²) in [7, 11) is 1.54. The molecule has 1 aromatic carbocycles. The van der Waals surface area contributed by atoms with Crippen LogP contribution in [0, 0.1) is 0 Å². The fourth-order valence-electron chi connectivity index (χ4n) is 4.36. The number of hydrogen-bond donors (Lipinski definition) is 2. The highest BCUT2D eigenvalue weighted by Crippen LogP contribution is 2.38. The normalized spacial score (nSPS) is 18.3. The molecule has 1 heterocycles. The second-order valence-electron chi connectivity index (χ2n) is 8.67. The summed E-state index contributed by atoms with van der Waals surface area (Å²) in [5, 5.41) is 19.7. The zero-order valence-corrected chi connectivity index (χ0v) is 18.9. The molecule has 2 N–H and O–H groups in total. The van der Waals surface area contributed by atoms with Crippen molar-refractivity contribution in [2.24, 2.45) is 0 Å². The number of carbonyl (C=O) groups excluding carboxylic acids is 1. The smallest absolute Gasteiger partial charge is 0.344 e. The standard InChI is InChI=1S/C25H40O5/c1-3-4-5-6-7-8-9-10-11-12-13-14-15-16-25(29-2)19-20-17-21(26)18-22(27)23(20)24(28)30-25/h17-18,26-27H,3-16,19H2,1-2H3/t25-/m1/s1. The molecule has 0 radical (unpaired) electrons. The van der Waals surface area contributed by atoms with Gasteiger partial charge in [0.15, 0.2) is 0 Å². The second-order valence-corrected chi connectivity index (χ2v) is 8.67. The quantitative estimate of drug-likeness (QED) is 0.246. The van der Waals surface area contributed by atoms with Crippen molar-refractivity contribution in [3.63, 3.8) is 0 Å². The number of phenolic OH excluding ortho intramolecular Hbond substituents is 2. The first kappa shape index (κ1) is 24.5. The van der Waals surface area contributed by atoms with Gasteiger partial charge in [0.1, 0.15) is 17.1 Å². The van der Waals surface area contributed by atoms with Gasteiger partial charge in [0.25, 0.3) is 0 Å². The van der Waals surface area contributed by atoms with E-state index < -0.39 is 11.8 Å². The average molecular weight is 421 g/mol. The highest BCUT2D eigenvalue weighted by atomic mass is 16.7. The third-order valence-electron chi connectivity index (χ3n) is 6.16. The van der Waals surface area contributed by atoms with Crippen LogP contribution in [0.25, 0.3) is 0 Å². The molecule has 1 aliphatic rings. The maximum absolute atomic E-state index is 12.4. The largest absolute Gasteiger partial charge is 0.508 e. The third-order valence-corrected chi connectivity index (χ3v) is 6.16. The molecule has 0 amide bonds. The van der Waals surface area contributed by atoms with Crippen LogP contribution in [-0.2, 0) is 15.9 Å². The van der Waals surface area contributed by atoms with Crippen molar-refractivity contribution in [3.8, 4) is 11.5 Å².